The summed E-state index contributed by atoms with van der Waals surface area (Å²) in [6, 6.07) is 13.4. The van der Waals surface area contributed by atoms with Gasteiger partial charge in [0.25, 0.3) is 0 Å². The normalized spacial score (nSPS) is 12.8. The van der Waals surface area contributed by atoms with Crippen LogP contribution in [-0.4, -0.2) is 44.5 Å². The van der Waals surface area contributed by atoms with Crippen LogP contribution in [0.2, 0.25) is 5.02 Å². The summed E-state index contributed by atoms with van der Waals surface area (Å²) >= 11 is 6.08. The van der Waals surface area contributed by atoms with E-state index in [0.717, 1.165) is 28.7 Å². The Bertz CT molecular complexity index is 1270. The number of hydrogen-bond acceptors (Lipinski definition) is 7. The molecule has 1 unspecified atom stereocenters. The van der Waals surface area contributed by atoms with E-state index in [1.54, 1.807) is 20.8 Å². The number of carbonyl (C=O) groups is 2. The molecule has 2 aromatic carbocycles. The van der Waals surface area contributed by atoms with Crippen molar-refractivity contribution in [1.29, 1.82) is 0 Å². The van der Waals surface area contributed by atoms with Gasteiger partial charge in [0, 0.05) is 18.5 Å². The van der Waals surface area contributed by atoms with Crippen LogP contribution in [-0.2, 0) is 35.6 Å². The second kappa shape index (κ2) is 15.1. The molecule has 0 fully saturated rings. The van der Waals surface area contributed by atoms with Crippen LogP contribution in [0.15, 0.2) is 66.0 Å². The number of amidine groups is 1. The summed E-state index contributed by atoms with van der Waals surface area (Å²) in [7, 11) is 1.53. The summed E-state index contributed by atoms with van der Waals surface area (Å²) in [5.74, 6) is 0.410. The van der Waals surface area contributed by atoms with Crippen LogP contribution in [0.4, 0.5) is 4.79 Å². The number of nitrogens with one attached hydrogen (secondary N) is 1. The maximum Gasteiger partial charge on any atom is 0.511 e. The van der Waals surface area contributed by atoms with E-state index in [4.69, 9.17) is 35.5 Å². The van der Waals surface area contributed by atoms with Gasteiger partial charge in [-0.05, 0) is 93.7 Å². The fraction of sp³-hybridized carbons (Fsp3) is 0.387. The van der Waals surface area contributed by atoms with Gasteiger partial charge in [0.05, 0.1) is 19.1 Å². The van der Waals surface area contributed by atoms with E-state index < -0.39 is 23.8 Å². The molecular weight excluding hydrogens is 532 g/mol. The van der Waals surface area contributed by atoms with Gasteiger partial charge in [0.2, 0.25) is 6.29 Å². The number of aryl methyl sites for hydroxylation is 1. The zero-order valence-corrected chi connectivity index (χ0v) is 25.1. The van der Waals surface area contributed by atoms with E-state index in [0.29, 0.717) is 23.3 Å². The molecule has 0 bridgehead atoms. The fourth-order valence-electron chi connectivity index (χ4n) is 3.72. The summed E-state index contributed by atoms with van der Waals surface area (Å²) in [5, 5.41) is 3.81. The lowest BCUT2D eigenvalue weighted by molar-refractivity contribution is -0.173. The molecule has 2 rings (SSSR count). The number of methoxy groups -OCH3 is 1. The van der Waals surface area contributed by atoms with Crippen LogP contribution < -0.4 is 5.32 Å². The van der Waals surface area contributed by atoms with Crippen LogP contribution in [0.25, 0.3) is 5.57 Å². The lowest BCUT2D eigenvalue weighted by Gasteiger charge is -2.25. The lowest BCUT2D eigenvalue weighted by Crippen LogP contribution is -2.35. The third-order valence-electron chi connectivity index (χ3n) is 6.18. The SMILES string of the molecule is C=C(NC(/C=C(\C)c1cccc(C(C)(C)C(=O)OC(C)OC(=O)OCC)c1)=NCCc1ccc(Cl)cc1C)OC. The molecule has 0 radical (unpaired) electrons. The van der Waals surface area contributed by atoms with Crippen molar-refractivity contribution in [2.45, 2.75) is 59.7 Å². The third-order valence-corrected chi connectivity index (χ3v) is 6.42. The summed E-state index contributed by atoms with van der Waals surface area (Å²) in [6.45, 7) is 15.2. The van der Waals surface area contributed by atoms with Crippen molar-refractivity contribution in [1.82, 2.24) is 5.32 Å². The second-order valence-corrected chi connectivity index (χ2v) is 10.1. The van der Waals surface area contributed by atoms with E-state index in [-0.39, 0.29) is 6.61 Å². The Morgan fingerprint density at radius 3 is 2.55 bits per heavy atom. The second-order valence-electron chi connectivity index (χ2n) is 9.65. The monoisotopic (exact) mass is 570 g/mol. The molecule has 216 valence electrons. The highest BCUT2D eigenvalue weighted by Gasteiger charge is 2.33. The van der Waals surface area contributed by atoms with Crippen LogP contribution in [0.1, 0.15) is 56.9 Å². The Hall–Kier alpha value is -3.78. The first-order valence-electron chi connectivity index (χ1n) is 13.0. The molecule has 8 nitrogen and oxygen atoms in total. The summed E-state index contributed by atoms with van der Waals surface area (Å²) in [6.07, 6.45) is 0.656. The molecule has 2 aromatic rings. The minimum atomic E-state index is -1.09. The van der Waals surface area contributed by atoms with Gasteiger partial charge in [-0.2, -0.15) is 0 Å². The Kier molecular flexibility index (Phi) is 12.3. The fourth-order valence-corrected chi connectivity index (χ4v) is 3.95. The number of benzene rings is 2. The number of hydrogen-bond donors (Lipinski definition) is 1. The van der Waals surface area contributed by atoms with Crippen molar-refractivity contribution in [3.63, 3.8) is 0 Å². The van der Waals surface area contributed by atoms with Crippen LogP contribution in [0, 0.1) is 6.92 Å². The molecular formula is C31H39ClN2O6. The predicted octanol–water partition coefficient (Wildman–Crippen LogP) is 6.74. The molecule has 1 atom stereocenters. The first-order valence-corrected chi connectivity index (χ1v) is 13.4. The molecule has 0 aliphatic heterocycles. The number of halogens is 1. The van der Waals surface area contributed by atoms with E-state index in [1.807, 2.05) is 62.4 Å². The summed E-state index contributed by atoms with van der Waals surface area (Å²) in [4.78, 5) is 29.3. The molecule has 0 amide bonds. The molecule has 0 saturated carbocycles. The smallest absolute Gasteiger partial charge is 0.483 e. The predicted molar refractivity (Wildman–Crippen MR) is 158 cm³/mol. The molecule has 0 aliphatic carbocycles. The van der Waals surface area contributed by atoms with Crippen molar-refractivity contribution in [3.05, 3.63) is 88.3 Å². The number of carbonyl (C=O) groups excluding carboxylic acids is 2. The quantitative estimate of drug-likeness (QED) is 0.0992. The van der Waals surface area contributed by atoms with E-state index in [9.17, 15) is 9.59 Å². The van der Waals surface area contributed by atoms with Crippen molar-refractivity contribution in [2.75, 3.05) is 20.3 Å². The van der Waals surface area contributed by atoms with E-state index >= 15 is 0 Å². The largest absolute Gasteiger partial charge is 0.511 e. The molecule has 0 saturated heterocycles. The maximum atomic E-state index is 13.0. The highest BCUT2D eigenvalue weighted by molar-refractivity contribution is 6.30. The van der Waals surface area contributed by atoms with Gasteiger partial charge in [0.1, 0.15) is 5.84 Å². The maximum absolute atomic E-state index is 13.0. The topological polar surface area (TPSA) is 95.5 Å². The molecule has 9 heteroatoms. The van der Waals surface area contributed by atoms with Gasteiger partial charge in [-0.3, -0.25) is 9.79 Å². The Labute approximate surface area is 242 Å². The Morgan fingerprint density at radius 1 is 1.18 bits per heavy atom. The minimum absolute atomic E-state index is 0.161. The number of allylic oxidation sites excluding steroid dienone is 1. The zero-order chi connectivity index (χ0) is 29.9. The zero-order valence-electron chi connectivity index (χ0n) is 24.3. The van der Waals surface area contributed by atoms with Crippen molar-refractivity contribution in [3.8, 4) is 0 Å². The standard InChI is InChI=1S/C31H39ClN2O6/c1-9-38-30(36)40-23(5)39-29(35)31(6,7)26-12-10-11-25(19-26)21(3)18-28(34-22(4)37-8)33-16-15-24-13-14-27(32)17-20(24)2/h10-14,17-19,23H,4,9,15-16H2,1-3,5-8H3,(H,33,34)/b21-18+. The number of aliphatic imine (C=N–C) groups is 1. The molecule has 0 aliphatic rings. The Balaban J connectivity index is 2.23. The molecule has 0 heterocycles. The first-order chi connectivity index (χ1) is 18.9. The van der Waals surface area contributed by atoms with Gasteiger partial charge in [-0.15, -0.1) is 0 Å². The number of esters is 1. The average molecular weight is 571 g/mol. The molecule has 0 aromatic heterocycles. The van der Waals surface area contributed by atoms with Gasteiger partial charge in [0.15, 0.2) is 5.88 Å². The van der Waals surface area contributed by atoms with Crippen LogP contribution in [0.5, 0.6) is 0 Å². The van der Waals surface area contributed by atoms with Crippen molar-refractivity contribution >= 4 is 35.1 Å². The summed E-state index contributed by atoms with van der Waals surface area (Å²) in [5.41, 5.74) is 3.80. The number of rotatable bonds is 12. The summed E-state index contributed by atoms with van der Waals surface area (Å²) < 4.78 is 20.3. The van der Waals surface area contributed by atoms with Gasteiger partial charge < -0.3 is 24.3 Å². The van der Waals surface area contributed by atoms with Gasteiger partial charge >= 0.3 is 12.1 Å². The van der Waals surface area contributed by atoms with E-state index in [1.165, 1.54) is 19.6 Å². The molecule has 40 heavy (non-hydrogen) atoms. The number of ether oxygens (including phenoxy) is 4. The van der Waals surface area contributed by atoms with Crippen molar-refractivity contribution < 1.29 is 28.5 Å². The number of nitrogens with zero attached hydrogens (tertiary/aromatic N) is 1. The van der Waals surface area contributed by atoms with Gasteiger partial charge in [-0.25, -0.2) is 4.79 Å². The highest BCUT2D eigenvalue weighted by Crippen LogP contribution is 2.28. The Morgan fingerprint density at radius 2 is 1.90 bits per heavy atom. The van der Waals surface area contributed by atoms with Crippen LogP contribution >= 0.6 is 11.6 Å². The van der Waals surface area contributed by atoms with E-state index in [2.05, 4.69) is 11.9 Å². The highest BCUT2D eigenvalue weighted by atomic mass is 35.5. The average Bonchev–Trinajstić information content (AvgIpc) is 2.89. The molecule has 0 spiro atoms. The van der Waals surface area contributed by atoms with Crippen molar-refractivity contribution in [2.24, 2.45) is 4.99 Å². The molecule has 1 N–H and O–H groups in total. The first kappa shape index (κ1) is 32.4. The van der Waals surface area contributed by atoms with Crippen LogP contribution in [0.3, 0.4) is 0 Å². The van der Waals surface area contributed by atoms with Gasteiger partial charge in [-0.1, -0.05) is 41.9 Å². The lowest BCUT2D eigenvalue weighted by atomic mass is 9.83. The minimum Gasteiger partial charge on any atom is -0.483 e. The third kappa shape index (κ3) is 9.75.